The predicted molar refractivity (Wildman–Crippen MR) is 98.7 cm³/mol. The number of aromatic nitrogens is 4. The van der Waals surface area contributed by atoms with Gasteiger partial charge < -0.3 is 0 Å². The van der Waals surface area contributed by atoms with Gasteiger partial charge in [-0.2, -0.15) is 0 Å². The zero-order valence-corrected chi connectivity index (χ0v) is 13.8. The van der Waals surface area contributed by atoms with Gasteiger partial charge in [0, 0.05) is 59.4 Å². The van der Waals surface area contributed by atoms with Crippen molar-refractivity contribution in [2.24, 2.45) is 0 Å². The Morgan fingerprint density at radius 2 is 1.16 bits per heavy atom. The molecule has 0 unspecified atom stereocenters. The largest absolute Gasteiger partial charge is 0.264 e. The first-order chi connectivity index (χ1) is 12.3. The van der Waals surface area contributed by atoms with Gasteiger partial charge in [0.2, 0.25) is 0 Å². The second-order valence-corrected chi connectivity index (χ2v) is 5.78. The van der Waals surface area contributed by atoms with Gasteiger partial charge in [0.25, 0.3) is 0 Å². The molecule has 4 aromatic heterocycles. The first-order valence-corrected chi connectivity index (χ1v) is 8.06. The first kappa shape index (κ1) is 15.1. The van der Waals surface area contributed by atoms with E-state index in [2.05, 4.69) is 27.9 Å². The Bertz CT molecular complexity index is 984. The lowest BCUT2D eigenvalue weighted by atomic mass is 9.97. The van der Waals surface area contributed by atoms with E-state index in [9.17, 15) is 0 Å². The number of hydrogen-bond acceptors (Lipinski definition) is 4. The molecule has 4 nitrogen and oxygen atoms in total. The van der Waals surface area contributed by atoms with Crippen molar-refractivity contribution in [3.05, 3.63) is 85.2 Å². The van der Waals surface area contributed by atoms with Crippen LogP contribution in [0.3, 0.4) is 0 Å². The third-order valence-electron chi connectivity index (χ3n) is 4.06. The molecule has 0 spiro atoms. The van der Waals surface area contributed by atoms with Crippen LogP contribution in [0.1, 0.15) is 5.56 Å². The molecule has 120 valence electrons. The van der Waals surface area contributed by atoms with E-state index in [1.54, 1.807) is 18.6 Å². The van der Waals surface area contributed by atoms with Gasteiger partial charge in [-0.05, 0) is 48.9 Å². The highest BCUT2D eigenvalue weighted by molar-refractivity contribution is 5.83. The van der Waals surface area contributed by atoms with Crippen LogP contribution >= 0.6 is 0 Å². The Morgan fingerprint density at radius 3 is 1.68 bits per heavy atom. The molecular weight excluding hydrogens is 308 g/mol. The van der Waals surface area contributed by atoms with Crippen LogP contribution in [0.15, 0.2) is 79.6 Å². The van der Waals surface area contributed by atoms with E-state index in [1.165, 1.54) is 0 Å². The molecule has 0 saturated carbocycles. The van der Waals surface area contributed by atoms with Crippen molar-refractivity contribution in [2.75, 3.05) is 0 Å². The van der Waals surface area contributed by atoms with Gasteiger partial charge in [0.1, 0.15) is 0 Å². The van der Waals surface area contributed by atoms with E-state index in [1.807, 2.05) is 55.0 Å². The summed E-state index contributed by atoms with van der Waals surface area (Å²) in [6.07, 6.45) is 10.8. The highest BCUT2D eigenvalue weighted by atomic mass is 14.7. The predicted octanol–water partition coefficient (Wildman–Crippen LogP) is 4.58. The Labute approximate surface area is 146 Å². The van der Waals surface area contributed by atoms with Crippen LogP contribution in [-0.4, -0.2) is 19.9 Å². The molecule has 0 aliphatic rings. The van der Waals surface area contributed by atoms with Crippen molar-refractivity contribution >= 4 is 0 Å². The van der Waals surface area contributed by atoms with Crippen molar-refractivity contribution in [1.29, 1.82) is 0 Å². The molecule has 0 aromatic carbocycles. The Balaban J connectivity index is 1.98. The van der Waals surface area contributed by atoms with Gasteiger partial charge in [-0.3, -0.25) is 15.0 Å². The molecule has 0 bridgehead atoms. The van der Waals surface area contributed by atoms with E-state index in [0.717, 1.165) is 39.2 Å². The molecule has 0 aliphatic carbocycles. The summed E-state index contributed by atoms with van der Waals surface area (Å²) in [6.45, 7) is 2.07. The lowest BCUT2D eigenvalue weighted by molar-refractivity contribution is 1.23. The zero-order chi connectivity index (χ0) is 17.1. The first-order valence-electron chi connectivity index (χ1n) is 8.06. The lowest BCUT2D eigenvalue weighted by Gasteiger charge is -2.14. The molecule has 4 rings (SSSR count). The summed E-state index contributed by atoms with van der Waals surface area (Å²) >= 11 is 0. The minimum atomic E-state index is 0.894. The third kappa shape index (κ3) is 3.02. The van der Waals surface area contributed by atoms with Gasteiger partial charge in [0.15, 0.2) is 0 Å². The summed E-state index contributed by atoms with van der Waals surface area (Å²) < 4.78 is 0. The summed E-state index contributed by atoms with van der Waals surface area (Å²) in [4.78, 5) is 17.7. The van der Waals surface area contributed by atoms with Crippen LogP contribution in [0.5, 0.6) is 0 Å². The fourth-order valence-corrected chi connectivity index (χ4v) is 2.87. The van der Waals surface area contributed by atoms with Gasteiger partial charge in [0.05, 0.1) is 11.4 Å². The second-order valence-electron chi connectivity index (χ2n) is 5.78. The molecule has 0 aliphatic heterocycles. The molecule has 0 atom stereocenters. The molecule has 0 N–H and O–H groups in total. The highest BCUT2D eigenvalue weighted by Crippen LogP contribution is 2.34. The number of hydrogen-bond donors (Lipinski definition) is 0. The van der Waals surface area contributed by atoms with Crippen LogP contribution in [0, 0.1) is 6.92 Å². The fourth-order valence-electron chi connectivity index (χ4n) is 2.87. The van der Waals surface area contributed by atoms with E-state index < -0.39 is 0 Å². The lowest BCUT2D eigenvalue weighted by Crippen LogP contribution is -1.97. The minimum Gasteiger partial charge on any atom is -0.264 e. The monoisotopic (exact) mass is 324 g/mol. The average Bonchev–Trinajstić information content (AvgIpc) is 2.70. The maximum atomic E-state index is 4.98. The third-order valence-corrected chi connectivity index (χ3v) is 4.06. The van der Waals surface area contributed by atoms with Crippen LogP contribution in [0.2, 0.25) is 0 Å². The van der Waals surface area contributed by atoms with Gasteiger partial charge in [-0.25, -0.2) is 4.98 Å². The smallest absolute Gasteiger partial charge is 0.0804 e. The highest BCUT2D eigenvalue weighted by Gasteiger charge is 2.14. The zero-order valence-electron chi connectivity index (χ0n) is 13.8. The summed E-state index contributed by atoms with van der Waals surface area (Å²) in [5.41, 5.74) is 6.99. The molecule has 0 radical (unpaired) electrons. The summed E-state index contributed by atoms with van der Waals surface area (Å²) in [5, 5.41) is 0. The number of rotatable bonds is 3. The Hall–Kier alpha value is -3.40. The quantitative estimate of drug-likeness (QED) is 0.553. The molecule has 25 heavy (non-hydrogen) atoms. The van der Waals surface area contributed by atoms with E-state index in [0.29, 0.717) is 0 Å². The molecule has 4 heterocycles. The Morgan fingerprint density at radius 1 is 0.640 bits per heavy atom. The second kappa shape index (κ2) is 6.61. The molecule has 4 aromatic rings. The van der Waals surface area contributed by atoms with Crippen LogP contribution in [0.4, 0.5) is 0 Å². The van der Waals surface area contributed by atoms with Crippen molar-refractivity contribution in [3.8, 4) is 33.6 Å². The average molecular weight is 324 g/mol. The normalized spacial score (nSPS) is 10.6. The maximum Gasteiger partial charge on any atom is 0.0804 e. The van der Waals surface area contributed by atoms with Crippen molar-refractivity contribution in [3.63, 3.8) is 0 Å². The standard InChI is InChI=1S/C21H16N4/c1-15-11-19(16-5-2-8-22-12-16)21(18-7-4-10-24-14-18)25-20(15)17-6-3-9-23-13-17/h2-14H,1H3. The molecule has 0 fully saturated rings. The molecule has 0 saturated heterocycles. The van der Waals surface area contributed by atoms with Crippen molar-refractivity contribution in [1.82, 2.24) is 19.9 Å². The fraction of sp³-hybridized carbons (Fsp3) is 0.0476. The summed E-state index contributed by atoms with van der Waals surface area (Å²) in [5.74, 6) is 0. The molecule has 4 heteroatoms. The number of nitrogens with zero attached hydrogens (tertiary/aromatic N) is 4. The number of pyridine rings is 4. The van der Waals surface area contributed by atoms with Gasteiger partial charge >= 0.3 is 0 Å². The van der Waals surface area contributed by atoms with Gasteiger partial charge in [-0.1, -0.05) is 6.07 Å². The minimum absolute atomic E-state index is 0.894. The Kier molecular flexibility index (Phi) is 4.01. The molecule has 0 amide bonds. The van der Waals surface area contributed by atoms with Crippen LogP contribution in [0.25, 0.3) is 33.6 Å². The van der Waals surface area contributed by atoms with E-state index in [-0.39, 0.29) is 0 Å². The van der Waals surface area contributed by atoms with Gasteiger partial charge in [-0.15, -0.1) is 0 Å². The van der Waals surface area contributed by atoms with Crippen LogP contribution < -0.4 is 0 Å². The summed E-state index contributed by atoms with van der Waals surface area (Å²) in [6, 6.07) is 14.0. The number of aryl methyl sites for hydroxylation is 1. The van der Waals surface area contributed by atoms with Crippen molar-refractivity contribution < 1.29 is 0 Å². The maximum absolute atomic E-state index is 4.98. The molecular formula is C21H16N4. The van der Waals surface area contributed by atoms with E-state index in [4.69, 9.17) is 4.98 Å². The van der Waals surface area contributed by atoms with E-state index >= 15 is 0 Å². The summed E-state index contributed by atoms with van der Waals surface area (Å²) in [7, 11) is 0. The topological polar surface area (TPSA) is 51.6 Å². The SMILES string of the molecule is Cc1cc(-c2cccnc2)c(-c2cccnc2)nc1-c1cccnc1. The van der Waals surface area contributed by atoms with Crippen LogP contribution in [-0.2, 0) is 0 Å². The van der Waals surface area contributed by atoms with Crippen molar-refractivity contribution in [2.45, 2.75) is 6.92 Å².